The van der Waals surface area contributed by atoms with E-state index >= 15 is 0 Å². The van der Waals surface area contributed by atoms with E-state index in [0.717, 1.165) is 31.7 Å². The first-order chi connectivity index (χ1) is 9.38. The molecule has 0 aliphatic heterocycles. The van der Waals surface area contributed by atoms with Crippen LogP contribution in [0.1, 0.15) is 49.8 Å². The molecule has 2 aliphatic rings. The standard InChI is InChI=1S/C15H23N3O/c16-9-11-5-1-4-8-14(11)19-15-12-6-2-3-7-13(12)17-10-18-15/h10-11,14H,1-9,16H2. The van der Waals surface area contributed by atoms with E-state index in [2.05, 4.69) is 9.97 Å². The Bertz CT molecular complexity index is 435. The van der Waals surface area contributed by atoms with Gasteiger partial charge in [-0.2, -0.15) is 0 Å². The highest BCUT2D eigenvalue weighted by Gasteiger charge is 2.27. The summed E-state index contributed by atoms with van der Waals surface area (Å²) in [5, 5.41) is 0. The molecule has 104 valence electrons. The van der Waals surface area contributed by atoms with E-state index in [1.54, 1.807) is 6.33 Å². The van der Waals surface area contributed by atoms with E-state index in [0.29, 0.717) is 5.92 Å². The number of aryl methyl sites for hydroxylation is 1. The van der Waals surface area contributed by atoms with Gasteiger partial charge >= 0.3 is 0 Å². The molecule has 2 N–H and O–H groups in total. The maximum absolute atomic E-state index is 6.23. The zero-order valence-corrected chi connectivity index (χ0v) is 11.5. The van der Waals surface area contributed by atoms with E-state index in [9.17, 15) is 0 Å². The molecule has 1 fully saturated rings. The summed E-state index contributed by atoms with van der Waals surface area (Å²) < 4.78 is 6.23. The minimum atomic E-state index is 0.250. The third-order valence-electron chi connectivity index (χ3n) is 4.49. The number of hydrogen-bond donors (Lipinski definition) is 1. The highest BCUT2D eigenvalue weighted by Crippen LogP contribution is 2.31. The Balaban J connectivity index is 1.78. The molecule has 0 saturated heterocycles. The minimum absolute atomic E-state index is 0.250. The maximum atomic E-state index is 6.23. The Labute approximate surface area is 114 Å². The average molecular weight is 261 g/mol. The Morgan fingerprint density at radius 2 is 1.95 bits per heavy atom. The summed E-state index contributed by atoms with van der Waals surface area (Å²) in [4.78, 5) is 8.78. The van der Waals surface area contributed by atoms with Crippen LogP contribution >= 0.6 is 0 Å². The SMILES string of the molecule is NCC1CCCCC1Oc1ncnc2c1CCCC2. The molecule has 2 atom stereocenters. The van der Waals surface area contributed by atoms with Gasteiger partial charge in [-0.1, -0.05) is 6.42 Å². The Kier molecular flexibility index (Phi) is 3.97. The second kappa shape index (κ2) is 5.87. The minimum Gasteiger partial charge on any atom is -0.474 e. The fraction of sp³-hybridized carbons (Fsp3) is 0.733. The predicted molar refractivity (Wildman–Crippen MR) is 74.1 cm³/mol. The van der Waals surface area contributed by atoms with Crippen molar-refractivity contribution in [3.63, 3.8) is 0 Å². The highest BCUT2D eigenvalue weighted by molar-refractivity contribution is 5.31. The molecule has 0 amide bonds. The number of hydrogen-bond acceptors (Lipinski definition) is 4. The molecule has 2 aliphatic carbocycles. The van der Waals surface area contributed by atoms with Crippen LogP contribution in [-0.4, -0.2) is 22.6 Å². The Hall–Kier alpha value is -1.16. The topological polar surface area (TPSA) is 61.0 Å². The third-order valence-corrected chi connectivity index (χ3v) is 4.49. The van der Waals surface area contributed by atoms with Crippen molar-refractivity contribution in [1.82, 2.24) is 9.97 Å². The van der Waals surface area contributed by atoms with Crippen LogP contribution in [0.4, 0.5) is 0 Å². The van der Waals surface area contributed by atoms with Crippen LogP contribution in [0.2, 0.25) is 0 Å². The molecular weight excluding hydrogens is 238 g/mol. The van der Waals surface area contributed by atoms with Gasteiger partial charge < -0.3 is 10.5 Å². The molecule has 0 radical (unpaired) electrons. The molecular formula is C15H23N3O. The van der Waals surface area contributed by atoms with Crippen LogP contribution in [0.25, 0.3) is 0 Å². The van der Waals surface area contributed by atoms with E-state index in [4.69, 9.17) is 10.5 Å². The van der Waals surface area contributed by atoms with Crippen LogP contribution < -0.4 is 10.5 Å². The van der Waals surface area contributed by atoms with Crippen molar-refractivity contribution in [1.29, 1.82) is 0 Å². The second-order valence-corrected chi connectivity index (χ2v) is 5.75. The van der Waals surface area contributed by atoms with Gasteiger partial charge in [0, 0.05) is 11.5 Å². The summed E-state index contributed by atoms with van der Waals surface area (Å²) >= 11 is 0. The molecule has 4 heteroatoms. The van der Waals surface area contributed by atoms with Crippen molar-refractivity contribution in [2.24, 2.45) is 11.7 Å². The Morgan fingerprint density at radius 3 is 2.84 bits per heavy atom. The summed E-state index contributed by atoms with van der Waals surface area (Å²) in [7, 11) is 0. The zero-order chi connectivity index (χ0) is 13.1. The lowest BCUT2D eigenvalue weighted by Gasteiger charge is -2.31. The van der Waals surface area contributed by atoms with Gasteiger partial charge in [-0.25, -0.2) is 9.97 Å². The van der Waals surface area contributed by atoms with Crippen molar-refractivity contribution in [2.75, 3.05) is 6.54 Å². The summed E-state index contributed by atoms with van der Waals surface area (Å²) in [5.74, 6) is 1.32. The molecule has 1 heterocycles. The van der Waals surface area contributed by atoms with Crippen molar-refractivity contribution in [2.45, 2.75) is 57.5 Å². The van der Waals surface area contributed by atoms with E-state index in [1.807, 2.05) is 0 Å². The number of fused-ring (bicyclic) bond motifs is 1. The largest absolute Gasteiger partial charge is 0.474 e. The van der Waals surface area contributed by atoms with Crippen molar-refractivity contribution in [3.05, 3.63) is 17.6 Å². The average Bonchev–Trinajstić information content (AvgIpc) is 2.48. The zero-order valence-electron chi connectivity index (χ0n) is 11.5. The Morgan fingerprint density at radius 1 is 1.11 bits per heavy atom. The van der Waals surface area contributed by atoms with Gasteiger partial charge in [0.05, 0.1) is 5.69 Å². The second-order valence-electron chi connectivity index (χ2n) is 5.75. The summed E-state index contributed by atoms with van der Waals surface area (Å²) in [5.41, 5.74) is 8.31. The van der Waals surface area contributed by atoms with Crippen molar-refractivity contribution < 1.29 is 4.74 Å². The van der Waals surface area contributed by atoms with Gasteiger partial charge in [0.25, 0.3) is 0 Å². The van der Waals surface area contributed by atoms with Gasteiger partial charge in [-0.15, -0.1) is 0 Å². The normalized spacial score (nSPS) is 26.8. The predicted octanol–water partition coefficient (Wildman–Crippen LogP) is 2.25. The fourth-order valence-electron chi connectivity index (χ4n) is 3.33. The van der Waals surface area contributed by atoms with E-state index in [1.165, 1.54) is 43.4 Å². The van der Waals surface area contributed by atoms with Crippen molar-refractivity contribution >= 4 is 0 Å². The molecule has 1 saturated carbocycles. The van der Waals surface area contributed by atoms with Gasteiger partial charge in [0.1, 0.15) is 12.4 Å². The number of nitrogens with two attached hydrogens (primary N) is 1. The lowest BCUT2D eigenvalue weighted by atomic mass is 9.86. The molecule has 1 aromatic rings. The van der Waals surface area contributed by atoms with E-state index in [-0.39, 0.29) is 6.10 Å². The lowest BCUT2D eigenvalue weighted by Crippen LogP contribution is -2.35. The smallest absolute Gasteiger partial charge is 0.220 e. The molecule has 0 bridgehead atoms. The first-order valence-corrected chi connectivity index (χ1v) is 7.58. The number of aromatic nitrogens is 2. The van der Waals surface area contributed by atoms with Crippen LogP contribution in [0.5, 0.6) is 5.88 Å². The molecule has 2 unspecified atom stereocenters. The summed E-state index contributed by atoms with van der Waals surface area (Å²) in [6, 6.07) is 0. The van der Waals surface area contributed by atoms with Crippen LogP contribution in [0, 0.1) is 5.92 Å². The summed E-state index contributed by atoms with van der Waals surface area (Å²) in [6.45, 7) is 0.720. The van der Waals surface area contributed by atoms with Crippen LogP contribution in [0.15, 0.2) is 6.33 Å². The summed E-state index contributed by atoms with van der Waals surface area (Å²) in [6.07, 6.45) is 11.3. The molecule has 19 heavy (non-hydrogen) atoms. The maximum Gasteiger partial charge on any atom is 0.220 e. The quantitative estimate of drug-likeness (QED) is 0.906. The number of nitrogens with zero attached hydrogens (tertiary/aromatic N) is 2. The molecule has 1 aromatic heterocycles. The van der Waals surface area contributed by atoms with Gasteiger partial charge in [-0.3, -0.25) is 0 Å². The molecule has 3 rings (SSSR count). The van der Waals surface area contributed by atoms with Crippen LogP contribution in [-0.2, 0) is 12.8 Å². The van der Waals surface area contributed by atoms with Gasteiger partial charge in [-0.05, 0) is 51.5 Å². The van der Waals surface area contributed by atoms with Gasteiger partial charge in [0.15, 0.2) is 0 Å². The highest BCUT2D eigenvalue weighted by atomic mass is 16.5. The van der Waals surface area contributed by atoms with Gasteiger partial charge in [0.2, 0.25) is 5.88 Å². The van der Waals surface area contributed by atoms with E-state index < -0.39 is 0 Å². The monoisotopic (exact) mass is 261 g/mol. The molecule has 0 aromatic carbocycles. The first kappa shape index (κ1) is 12.9. The number of ether oxygens (including phenoxy) is 1. The third kappa shape index (κ3) is 2.73. The number of rotatable bonds is 3. The van der Waals surface area contributed by atoms with Crippen molar-refractivity contribution in [3.8, 4) is 5.88 Å². The fourth-order valence-corrected chi connectivity index (χ4v) is 3.33. The molecule has 0 spiro atoms. The molecule has 4 nitrogen and oxygen atoms in total. The first-order valence-electron chi connectivity index (χ1n) is 7.58. The lowest BCUT2D eigenvalue weighted by molar-refractivity contribution is 0.0906. The van der Waals surface area contributed by atoms with Crippen LogP contribution in [0.3, 0.4) is 0 Å².